The maximum absolute atomic E-state index is 11.4. The van der Waals surface area contributed by atoms with Crippen LogP contribution in [0.15, 0.2) is 18.3 Å². The van der Waals surface area contributed by atoms with Crippen LogP contribution in [0.25, 0.3) is 0 Å². The predicted octanol–water partition coefficient (Wildman–Crippen LogP) is 2.83. The average molecular weight is 316 g/mol. The third-order valence-corrected chi connectivity index (χ3v) is 2.38. The lowest BCUT2D eigenvalue weighted by atomic mass is 10.2. The van der Waals surface area contributed by atoms with Gasteiger partial charge in [-0.3, -0.25) is 9.78 Å². The molecule has 0 saturated heterocycles. The van der Waals surface area contributed by atoms with Crippen LogP contribution >= 0.6 is 15.9 Å². The van der Waals surface area contributed by atoms with Gasteiger partial charge in [0, 0.05) is 12.3 Å². The van der Waals surface area contributed by atoms with E-state index < -0.39 is 6.16 Å². The highest BCUT2D eigenvalue weighted by atomic mass is 79.9. The van der Waals surface area contributed by atoms with Gasteiger partial charge in [-0.1, -0.05) is 29.8 Å². The van der Waals surface area contributed by atoms with Crippen LogP contribution in [0, 0.1) is 5.92 Å². The van der Waals surface area contributed by atoms with Crippen LogP contribution < -0.4 is 4.74 Å². The molecule has 18 heavy (non-hydrogen) atoms. The van der Waals surface area contributed by atoms with E-state index in [1.54, 1.807) is 0 Å². The van der Waals surface area contributed by atoms with Gasteiger partial charge in [0.05, 0.1) is 11.9 Å². The number of Topliss-reactive ketones (excluding diaryl/α,β-unsaturated/α-hetero) is 1. The Morgan fingerprint density at radius 1 is 1.44 bits per heavy atom. The van der Waals surface area contributed by atoms with Gasteiger partial charge in [0.25, 0.3) is 0 Å². The summed E-state index contributed by atoms with van der Waals surface area (Å²) in [5.41, 5.74) is 0.237. The lowest BCUT2D eigenvalue weighted by molar-refractivity contribution is 0.0882. The van der Waals surface area contributed by atoms with Crippen LogP contribution in [0.2, 0.25) is 0 Å². The molecule has 0 amide bonds. The van der Waals surface area contributed by atoms with Crippen molar-refractivity contribution in [3.63, 3.8) is 0 Å². The van der Waals surface area contributed by atoms with Crippen molar-refractivity contribution in [2.24, 2.45) is 5.92 Å². The fourth-order valence-electron chi connectivity index (χ4n) is 1.06. The van der Waals surface area contributed by atoms with Gasteiger partial charge in [-0.15, -0.1) is 0 Å². The highest BCUT2D eigenvalue weighted by Gasteiger charge is 2.10. The van der Waals surface area contributed by atoms with Crippen LogP contribution in [0.5, 0.6) is 5.75 Å². The number of rotatable bonds is 5. The molecular weight excluding hydrogens is 302 g/mol. The van der Waals surface area contributed by atoms with E-state index in [-0.39, 0.29) is 35.1 Å². The number of nitrogens with zero attached hydrogens (tertiary/aromatic N) is 1. The van der Waals surface area contributed by atoms with E-state index in [1.807, 2.05) is 13.8 Å². The Morgan fingerprint density at radius 3 is 2.78 bits per heavy atom. The van der Waals surface area contributed by atoms with E-state index in [0.29, 0.717) is 0 Å². The summed E-state index contributed by atoms with van der Waals surface area (Å²) >= 11 is 3.05. The van der Waals surface area contributed by atoms with Gasteiger partial charge in [-0.05, 0) is 12.0 Å². The molecule has 0 aromatic carbocycles. The molecule has 1 rings (SSSR count). The van der Waals surface area contributed by atoms with Gasteiger partial charge < -0.3 is 9.47 Å². The first-order chi connectivity index (χ1) is 8.52. The Labute approximate surface area is 114 Å². The van der Waals surface area contributed by atoms with Crippen LogP contribution in [-0.2, 0) is 4.74 Å². The molecule has 5 nitrogen and oxygen atoms in total. The molecule has 0 spiro atoms. The first-order valence-electron chi connectivity index (χ1n) is 5.42. The monoisotopic (exact) mass is 315 g/mol. The van der Waals surface area contributed by atoms with Crippen molar-refractivity contribution in [2.75, 3.05) is 11.9 Å². The maximum atomic E-state index is 11.4. The highest BCUT2D eigenvalue weighted by molar-refractivity contribution is 9.09. The van der Waals surface area contributed by atoms with Gasteiger partial charge in [0.1, 0.15) is 11.4 Å². The topological polar surface area (TPSA) is 65.5 Å². The standard InChI is InChI=1S/C12H14BrNO4/c1-8(2)7-17-12(16)18-9-3-4-14-10(5-9)11(15)6-13/h3-5,8H,6-7H2,1-2H3. The smallest absolute Gasteiger partial charge is 0.434 e. The predicted molar refractivity (Wildman–Crippen MR) is 69.2 cm³/mol. The first-order valence-corrected chi connectivity index (χ1v) is 6.55. The minimum absolute atomic E-state index is 0.168. The summed E-state index contributed by atoms with van der Waals surface area (Å²) in [4.78, 5) is 26.6. The van der Waals surface area contributed by atoms with Crippen molar-refractivity contribution in [1.82, 2.24) is 4.98 Å². The Kier molecular flexibility index (Phi) is 5.77. The first kappa shape index (κ1) is 14.6. The normalized spacial score (nSPS) is 10.2. The van der Waals surface area contributed by atoms with Crippen LogP contribution in [0.4, 0.5) is 4.79 Å². The zero-order valence-corrected chi connectivity index (χ0v) is 11.8. The summed E-state index contributed by atoms with van der Waals surface area (Å²) in [5, 5.41) is 0.168. The molecule has 0 atom stereocenters. The molecule has 0 aliphatic rings. The molecule has 98 valence electrons. The molecule has 0 unspecified atom stereocenters. The second-order valence-electron chi connectivity index (χ2n) is 3.99. The van der Waals surface area contributed by atoms with Crippen LogP contribution in [0.3, 0.4) is 0 Å². The molecule has 0 aliphatic carbocycles. The van der Waals surface area contributed by atoms with Gasteiger partial charge in [-0.25, -0.2) is 4.79 Å². The van der Waals surface area contributed by atoms with E-state index in [9.17, 15) is 9.59 Å². The number of halogens is 1. The molecule has 6 heteroatoms. The number of aromatic nitrogens is 1. The third-order valence-electron chi connectivity index (χ3n) is 1.87. The summed E-state index contributed by atoms with van der Waals surface area (Å²) in [6, 6.07) is 2.89. The van der Waals surface area contributed by atoms with E-state index in [2.05, 4.69) is 20.9 Å². The number of ketones is 1. The largest absolute Gasteiger partial charge is 0.513 e. The van der Waals surface area contributed by atoms with E-state index in [0.717, 1.165) is 0 Å². The number of hydrogen-bond acceptors (Lipinski definition) is 5. The summed E-state index contributed by atoms with van der Waals surface area (Å²) in [6.45, 7) is 4.13. The third kappa shape index (κ3) is 4.83. The second-order valence-corrected chi connectivity index (χ2v) is 4.55. The van der Waals surface area contributed by atoms with Crippen molar-refractivity contribution < 1.29 is 19.1 Å². The number of pyridine rings is 1. The highest BCUT2D eigenvalue weighted by Crippen LogP contribution is 2.13. The van der Waals surface area contributed by atoms with Gasteiger partial charge in [-0.2, -0.15) is 0 Å². The molecule has 0 N–H and O–H groups in total. The molecule has 0 bridgehead atoms. The average Bonchev–Trinajstić information content (AvgIpc) is 2.35. The summed E-state index contributed by atoms with van der Waals surface area (Å²) in [7, 11) is 0. The Hall–Kier alpha value is -1.43. The number of carbonyl (C=O) groups is 2. The molecular formula is C12H14BrNO4. The van der Waals surface area contributed by atoms with Gasteiger partial charge in [0.15, 0.2) is 5.78 Å². The van der Waals surface area contributed by atoms with Crippen molar-refractivity contribution in [2.45, 2.75) is 13.8 Å². The molecule has 1 heterocycles. The fraction of sp³-hybridized carbons (Fsp3) is 0.417. The van der Waals surface area contributed by atoms with Crippen molar-refractivity contribution >= 4 is 27.9 Å². The number of alkyl halides is 1. The minimum Gasteiger partial charge on any atom is -0.434 e. The molecule has 0 aliphatic heterocycles. The lowest BCUT2D eigenvalue weighted by Crippen LogP contribution is -2.14. The summed E-state index contributed by atoms with van der Waals surface area (Å²) in [5.74, 6) is 0.291. The molecule has 1 aromatic rings. The van der Waals surface area contributed by atoms with Crippen molar-refractivity contribution in [3.05, 3.63) is 24.0 Å². The van der Waals surface area contributed by atoms with E-state index in [1.165, 1.54) is 18.3 Å². The Bertz CT molecular complexity index is 434. The minimum atomic E-state index is -0.785. The van der Waals surface area contributed by atoms with Gasteiger partial charge in [0.2, 0.25) is 0 Å². The summed E-state index contributed by atoms with van der Waals surface area (Å²) in [6.07, 6.45) is 0.619. The number of hydrogen-bond donors (Lipinski definition) is 0. The quantitative estimate of drug-likeness (QED) is 0.475. The van der Waals surface area contributed by atoms with Crippen LogP contribution in [-0.4, -0.2) is 28.9 Å². The summed E-state index contributed by atoms with van der Waals surface area (Å²) < 4.78 is 9.79. The number of carbonyl (C=O) groups excluding carboxylic acids is 2. The van der Waals surface area contributed by atoms with Crippen LogP contribution in [0.1, 0.15) is 24.3 Å². The van der Waals surface area contributed by atoms with Crippen molar-refractivity contribution in [3.8, 4) is 5.75 Å². The molecule has 1 aromatic heterocycles. The molecule has 0 radical (unpaired) electrons. The maximum Gasteiger partial charge on any atom is 0.513 e. The van der Waals surface area contributed by atoms with Gasteiger partial charge >= 0.3 is 6.16 Å². The van der Waals surface area contributed by atoms with Crippen molar-refractivity contribution in [1.29, 1.82) is 0 Å². The number of ether oxygens (including phenoxy) is 2. The Balaban J connectivity index is 2.62. The fourth-order valence-corrected chi connectivity index (χ4v) is 1.34. The lowest BCUT2D eigenvalue weighted by Gasteiger charge is -2.07. The molecule has 0 fully saturated rings. The zero-order valence-electron chi connectivity index (χ0n) is 10.2. The molecule has 0 saturated carbocycles. The Morgan fingerprint density at radius 2 is 2.17 bits per heavy atom. The SMILES string of the molecule is CC(C)COC(=O)Oc1ccnc(C(=O)CBr)c1. The second kappa shape index (κ2) is 7.10. The van der Waals surface area contributed by atoms with E-state index >= 15 is 0 Å². The van der Waals surface area contributed by atoms with E-state index in [4.69, 9.17) is 9.47 Å². The zero-order chi connectivity index (χ0) is 13.5.